The molecular weight excluding hydrogens is 304 g/mol. The second-order valence-corrected chi connectivity index (χ2v) is 10.4. The number of sulfone groups is 2. The molecular formula is C11H20N2O5S2. The Balaban J connectivity index is 2.00. The maximum atomic E-state index is 12.1. The predicted molar refractivity (Wildman–Crippen MR) is 75.0 cm³/mol. The van der Waals surface area contributed by atoms with Gasteiger partial charge in [-0.3, -0.25) is 0 Å². The first-order chi connectivity index (χ1) is 9.03. The maximum absolute atomic E-state index is 12.1. The van der Waals surface area contributed by atoms with Crippen molar-refractivity contribution in [2.75, 3.05) is 30.1 Å². The summed E-state index contributed by atoms with van der Waals surface area (Å²) >= 11 is 0. The number of hydrogen-bond acceptors (Lipinski definition) is 5. The van der Waals surface area contributed by atoms with E-state index in [-0.39, 0.29) is 29.1 Å². The van der Waals surface area contributed by atoms with Crippen LogP contribution in [0, 0.1) is 0 Å². The van der Waals surface area contributed by atoms with Crippen molar-refractivity contribution in [2.45, 2.75) is 31.3 Å². The van der Waals surface area contributed by atoms with Gasteiger partial charge in [-0.15, -0.1) is 0 Å². The van der Waals surface area contributed by atoms with E-state index in [1.54, 1.807) is 14.0 Å². The smallest absolute Gasteiger partial charge is 0.317 e. The fourth-order valence-corrected chi connectivity index (χ4v) is 6.54. The van der Waals surface area contributed by atoms with Gasteiger partial charge >= 0.3 is 6.03 Å². The Hall–Kier alpha value is -0.830. The zero-order valence-electron chi connectivity index (χ0n) is 11.6. The molecule has 2 fully saturated rings. The van der Waals surface area contributed by atoms with Crippen molar-refractivity contribution in [3.05, 3.63) is 0 Å². The summed E-state index contributed by atoms with van der Waals surface area (Å²) in [6.07, 6.45) is 0.819. The first-order valence-corrected chi connectivity index (χ1v) is 10.1. The molecule has 0 unspecified atom stereocenters. The molecule has 116 valence electrons. The average molecular weight is 324 g/mol. The van der Waals surface area contributed by atoms with Crippen molar-refractivity contribution in [1.82, 2.24) is 10.2 Å². The van der Waals surface area contributed by atoms with Crippen LogP contribution in [0.15, 0.2) is 0 Å². The number of rotatable bonds is 2. The number of hydrogen-bond donors (Lipinski definition) is 1. The van der Waals surface area contributed by atoms with Gasteiger partial charge in [-0.1, -0.05) is 0 Å². The zero-order valence-corrected chi connectivity index (χ0v) is 13.3. The first kappa shape index (κ1) is 15.6. The average Bonchev–Trinajstić information content (AvgIpc) is 2.78. The molecule has 2 heterocycles. The molecule has 0 aromatic heterocycles. The number of nitrogens with zero attached hydrogens (tertiary/aromatic N) is 1. The summed E-state index contributed by atoms with van der Waals surface area (Å²) < 4.78 is 45.8. The molecule has 0 saturated carbocycles. The van der Waals surface area contributed by atoms with Gasteiger partial charge in [-0.05, 0) is 19.8 Å². The van der Waals surface area contributed by atoms with Gasteiger partial charge in [0.1, 0.15) is 0 Å². The normalized spacial score (nSPS) is 34.8. The number of carbonyl (C=O) groups excluding carboxylic acids is 1. The van der Waals surface area contributed by atoms with E-state index in [0.717, 1.165) is 0 Å². The number of amides is 2. The third kappa shape index (κ3) is 3.25. The van der Waals surface area contributed by atoms with Crippen LogP contribution < -0.4 is 5.32 Å². The Labute approximate surface area is 119 Å². The number of urea groups is 1. The summed E-state index contributed by atoms with van der Waals surface area (Å²) in [6.45, 7) is 1.74. The van der Waals surface area contributed by atoms with Crippen molar-refractivity contribution in [1.29, 1.82) is 0 Å². The zero-order chi connectivity index (χ0) is 15.2. The van der Waals surface area contributed by atoms with E-state index in [2.05, 4.69) is 5.32 Å². The third-order valence-electron chi connectivity index (χ3n) is 4.16. The fraction of sp³-hybridized carbons (Fsp3) is 0.909. The molecule has 1 N–H and O–H groups in total. The van der Waals surface area contributed by atoms with E-state index in [4.69, 9.17) is 0 Å². The highest BCUT2D eigenvalue weighted by Gasteiger charge is 2.44. The Bertz CT molecular complexity index is 613. The monoisotopic (exact) mass is 324 g/mol. The lowest BCUT2D eigenvalue weighted by Crippen LogP contribution is -2.54. The van der Waals surface area contributed by atoms with Crippen molar-refractivity contribution < 1.29 is 21.6 Å². The Morgan fingerprint density at radius 2 is 1.85 bits per heavy atom. The summed E-state index contributed by atoms with van der Waals surface area (Å²) in [4.78, 5) is 13.5. The molecule has 2 rings (SSSR count). The highest BCUT2D eigenvalue weighted by Crippen LogP contribution is 2.28. The highest BCUT2D eigenvalue weighted by atomic mass is 32.2. The molecule has 2 saturated heterocycles. The van der Waals surface area contributed by atoms with E-state index < -0.39 is 31.2 Å². The molecule has 20 heavy (non-hydrogen) atoms. The molecule has 0 spiro atoms. The molecule has 0 aromatic carbocycles. The summed E-state index contributed by atoms with van der Waals surface area (Å²) in [5, 5.41) is 2.68. The minimum Gasteiger partial charge on any atom is -0.334 e. The molecule has 2 aliphatic rings. The summed E-state index contributed by atoms with van der Waals surface area (Å²) in [7, 11) is -4.59. The molecule has 0 bridgehead atoms. The minimum atomic E-state index is -3.10. The van der Waals surface area contributed by atoms with Crippen LogP contribution in [0.25, 0.3) is 0 Å². The van der Waals surface area contributed by atoms with E-state index in [1.165, 1.54) is 4.90 Å². The van der Waals surface area contributed by atoms with E-state index in [0.29, 0.717) is 12.8 Å². The molecule has 9 heteroatoms. The van der Waals surface area contributed by atoms with Gasteiger partial charge in [-0.25, -0.2) is 21.6 Å². The van der Waals surface area contributed by atoms with Gasteiger partial charge in [-0.2, -0.15) is 0 Å². The first-order valence-electron chi connectivity index (χ1n) is 6.48. The standard InChI is InChI=1S/C11H20N2O5S2/c1-11(4-6-20(17,18)8-11)13(2)10(14)12-9-3-5-19(15,16)7-9/h9H,3-8H2,1-2H3,(H,12,14)/t9-,11-/m1/s1. The minimum absolute atomic E-state index is 0.0401. The summed E-state index contributed by atoms with van der Waals surface area (Å²) in [6, 6.07) is -0.789. The van der Waals surface area contributed by atoms with Crippen LogP contribution in [0.1, 0.15) is 19.8 Å². The number of nitrogens with one attached hydrogen (secondary N) is 1. The second kappa shape index (κ2) is 4.87. The van der Waals surface area contributed by atoms with Gasteiger partial charge in [0.2, 0.25) is 0 Å². The van der Waals surface area contributed by atoms with E-state index in [1.807, 2.05) is 0 Å². The van der Waals surface area contributed by atoms with Crippen LogP contribution in [0.5, 0.6) is 0 Å². The van der Waals surface area contributed by atoms with Gasteiger partial charge in [0.15, 0.2) is 19.7 Å². The summed E-state index contributed by atoms with van der Waals surface area (Å²) in [5.74, 6) is 0.0840. The lowest BCUT2D eigenvalue weighted by Gasteiger charge is -2.35. The van der Waals surface area contributed by atoms with Crippen LogP contribution in [-0.4, -0.2) is 69.4 Å². The highest BCUT2D eigenvalue weighted by molar-refractivity contribution is 7.92. The third-order valence-corrected chi connectivity index (χ3v) is 7.81. The van der Waals surface area contributed by atoms with Crippen molar-refractivity contribution in [3.8, 4) is 0 Å². The molecule has 2 aliphatic heterocycles. The van der Waals surface area contributed by atoms with Crippen LogP contribution in [0.2, 0.25) is 0 Å². The largest absolute Gasteiger partial charge is 0.334 e. The van der Waals surface area contributed by atoms with Crippen molar-refractivity contribution >= 4 is 25.7 Å². The van der Waals surface area contributed by atoms with Crippen LogP contribution in [0.4, 0.5) is 4.79 Å². The molecule has 0 aromatic rings. The quantitative estimate of drug-likeness (QED) is 0.730. The van der Waals surface area contributed by atoms with Crippen LogP contribution in [-0.2, 0) is 19.7 Å². The van der Waals surface area contributed by atoms with Gasteiger partial charge in [0.25, 0.3) is 0 Å². The van der Waals surface area contributed by atoms with Gasteiger partial charge in [0, 0.05) is 13.1 Å². The fourth-order valence-electron chi connectivity index (χ4n) is 2.68. The Morgan fingerprint density at radius 1 is 1.20 bits per heavy atom. The van der Waals surface area contributed by atoms with Crippen molar-refractivity contribution in [3.63, 3.8) is 0 Å². The molecule has 0 aliphatic carbocycles. The van der Waals surface area contributed by atoms with E-state index in [9.17, 15) is 21.6 Å². The molecule has 7 nitrogen and oxygen atoms in total. The summed E-state index contributed by atoms with van der Waals surface area (Å²) in [5.41, 5.74) is -0.722. The maximum Gasteiger partial charge on any atom is 0.317 e. The molecule has 2 atom stereocenters. The molecule has 0 radical (unpaired) electrons. The lowest BCUT2D eigenvalue weighted by atomic mass is 10.0. The topological polar surface area (TPSA) is 101 Å². The SMILES string of the molecule is CN(C(=O)N[C@@H]1CCS(=O)(=O)C1)[C@]1(C)CCS(=O)(=O)C1. The second-order valence-electron chi connectivity index (χ2n) is 5.95. The van der Waals surface area contributed by atoms with Crippen LogP contribution in [0.3, 0.4) is 0 Å². The van der Waals surface area contributed by atoms with Crippen LogP contribution >= 0.6 is 0 Å². The Morgan fingerprint density at radius 3 is 2.30 bits per heavy atom. The Kier molecular flexibility index (Phi) is 3.79. The predicted octanol–water partition coefficient (Wildman–Crippen LogP) is -0.608. The van der Waals surface area contributed by atoms with E-state index >= 15 is 0 Å². The number of carbonyl (C=O) groups is 1. The van der Waals surface area contributed by atoms with Gasteiger partial charge in [0.05, 0.1) is 28.6 Å². The lowest BCUT2D eigenvalue weighted by molar-refractivity contribution is 0.157. The van der Waals surface area contributed by atoms with Crippen molar-refractivity contribution in [2.24, 2.45) is 0 Å². The molecule has 2 amide bonds. The van der Waals surface area contributed by atoms with Gasteiger partial charge < -0.3 is 10.2 Å².